The van der Waals surface area contributed by atoms with E-state index in [4.69, 9.17) is 4.74 Å². The van der Waals surface area contributed by atoms with E-state index in [9.17, 15) is 9.59 Å². The summed E-state index contributed by atoms with van der Waals surface area (Å²) in [7, 11) is 1.58. The van der Waals surface area contributed by atoms with Gasteiger partial charge in [0.1, 0.15) is 11.4 Å². The number of imide groups is 1. The monoisotopic (exact) mass is 263 g/mol. The van der Waals surface area contributed by atoms with Gasteiger partial charge < -0.3 is 4.74 Å². The van der Waals surface area contributed by atoms with Gasteiger partial charge in [-0.1, -0.05) is 0 Å². The van der Waals surface area contributed by atoms with Crippen molar-refractivity contribution in [2.24, 2.45) is 0 Å². The Bertz CT molecular complexity index is 510. The molecule has 1 heterocycles. The Morgan fingerprint density at radius 1 is 1.26 bits per heavy atom. The molecule has 1 fully saturated rings. The molecule has 1 aromatic rings. The lowest BCUT2D eigenvalue weighted by molar-refractivity contribution is -0.129. The van der Waals surface area contributed by atoms with Crippen LogP contribution in [-0.4, -0.2) is 29.6 Å². The molecule has 0 unspecified atom stereocenters. The molecule has 0 bridgehead atoms. The summed E-state index contributed by atoms with van der Waals surface area (Å²) >= 11 is 0. The highest BCUT2D eigenvalue weighted by molar-refractivity contribution is 6.04. The Hall–Kier alpha value is -2.08. The minimum atomic E-state index is -0.747. The van der Waals surface area contributed by atoms with Crippen molar-refractivity contribution < 1.29 is 14.3 Å². The largest absolute Gasteiger partial charge is 0.497 e. The number of nitrogens with one attached hydrogen (secondary N) is 1. The molecule has 1 saturated heterocycles. The van der Waals surface area contributed by atoms with Crippen molar-refractivity contribution in [2.45, 2.75) is 26.4 Å². The van der Waals surface area contributed by atoms with Crippen LogP contribution in [0, 0.1) is 0 Å². The number of nitrogens with zero attached hydrogens (tertiary/aromatic N) is 2. The minimum Gasteiger partial charge on any atom is -0.497 e. The maximum atomic E-state index is 12.3. The average molecular weight is 263 g/mol. The van der Waals surface area contributed by atoms with Crippen molar-refractivity contribution in [3.05, 3.63) is 24.3 Å². The summed E-state index contributed by atoms with van der Waals surface area (Å²) in [6.45, 7) is 4.92. The Morgan fingerprint density at radius 3 is 2.26 bits per heavy atom. The summed E-state index contributed by atoms with van der Waals surface area (Å²) in [4.78, 5) is 25.0. The van der Waals surface area contributed by atoms with Crippen molar-refractivity contribution in [1.29, 1.82) is 0 Å². The van der Waals surface area contributed by atoms with E-state index >= 15 is 0 Å². The molecular weight excluding hydrogens is 246 g/mol. The Labute approximate surface area is 111 Å². The molecule has 2 rings (SSSR count). The molecule has 0 radical (unpaired) electrons. The van der Waals surface area contributed by atoms with Gasteiger partial charge in [0.05, 0.1) is 12.8 Å². The number of hydrogen-bond donors (Lipinski definition) is 1. The van der Waals surface area contributed by atoms with Gasteiger partial charge in [-0.3, -0.25) is 4.79 Å². The zero-order valence-corrected chi connectivity index (χ0v) is 11.4. The number of urea groups is 1. The predicted molar refractivity (Wildman–Crippen MR) is 70.6 cm³/mol. The highest BCUT2D eigenvalue weighted by Crippen LogP contribution is 2.27. The lowest BCUT2D eigenvalue weighted by Crippen LogP contribution is -2.49. The fourth-order valence-corrected chi connectivity index (χ4v) is 2.15. The van der Waals surface area contributed by atoms with Crippen molar-refractivity contribution in [1.82, 2.24) is 10.3 Å². The highest BCUT2D eigenvalue weighted by atomic mass is 16.5. The summed E-state index contributed by atoms with van der Waals surface area (Å²) in [5.41, 5.74) is 2.92. The Kier molecular flexibility index (Phi) is 3.20. The second kappa shape index (κ2) is 4.55. The van der Waals surface area contributed by atoms with E-state index in [1.807, 2.05) is 0 Å². The molecule has 1 N–H and O–H groups in total. The number of benzene rings is 1. The van der Waals surface area contributed by atoms with Crippen LogP contribution >= 0.6 is 0 Å². The van der Waals surface area contributed by atoms with Crippen molar-refractivity contribution in [3.8, 4) is 5.75 Å². The topological polar surface area (TPSA) is 61.9 Å². The molecule has 19 heavy (non-hydrogen) atoms. The second-order valence-electron chi connectivity index (χ2n) is 4.84. The molecule has 1 aliphatic rings. The van der Waals surface area contributed by atoms with Crippen LogP contribution in [-0.2, 0) is 4.79 Å². The summed E-state index contributed by atoms with van der Waals surface area (Å²) in [5, 5.41) is 1.36. The first-order valence-corrected chi connectivity index (χ1v) is 5.93. The number of carbonyl (C=O) groups is 2. The van der Waals surface area contributed by atoms with Crippen LogP contribution in [0.2, 0.25) is 0 Å². The van der Waals surface area contributed by atoms with Crippen molar-refractivity contribution in [2.75, 3.05) is 12.1 Å². The van der Waals surface area contributed by atoms with Crippen LogP contribution in [0.3, 0.4) is 0 Å². The number of carbonyl (C=O) groups excluding carboxylic acids is 2. The molecule has 3 amide bonds. The molecule has 0 spiro atoms. The normalized spacial score (nSPS) is 17.8. The van der Waals surface area contributed by atoms with E-state index in [-0.39, 0.29) is 11.9 Å². The maximum absolute atomic E-state index is 12.3. The number of rotatable bonds is 2. The van der Waals surface area contributed by atoms with Crippen LogP contribution in [0.4, 0.5) is 10.5 Å². The molecule has 0 aliphatic carbocycles. The number of hydrogen-bond acceptors (Lipinski definition) is 4. The van der Waals surface area contributed by atoms with Crippen LogP contribution in [0.5, 0.6) is 5.75 Å². The van der Waals surface area contributed by atoms with Gasteiger partial charge in [-0.25, -0.2) is 20.1 Å². The third-order valence-electron chi connectivity index (χ3n) is 2.97. The summed E-state index contributed by atoms with van der Waals surface area (Å²) in [6.07, 6.45) is 0. The summed E-state index contributed by atoms with van der Waals surface area (Å²) < 4.78 is 5.07. The van der Waals surface area contributed by atoms with Gasteiger partial charge in [-0.15, -0.1) is 0 Å². The molecule has 6 nitrogen and oxygen atoms in total. The zero-order chi connectivity index (χ0) is 14.2. The predicted octanol–water partition coefficient (Wildman–Crippen LogP) is 1.72. The van der Waals surface area contributed by atoms with E-state index in [1.165, 1.54) is 16.8 Å². The van der Waals surface area contributed by atoms with Crippen LogP contribution in [0.15, 0.2) is 24.3 Å². The fraction of sp³-hybridized carbons (Fsp3) is 0.385. The smallest absolute Gasteiger partial charge is 0.347 e. The molecule has 1 aromatic carbocycles. The molecule has 102 valence electrons. The quantitative estimate of drug-likeness (QED) is 0.882. The van der Waals surface area contributed by atoms with Crippen LogP contribution < -0.4 is 15.2 Å². The van der Waals surface area contributed by atoms with Crippen molar-refractivity contribution >= 4 is 17.6 Å². The molecule has 1 aliphatic heterocycles. The number of anilines is 1. The molecule has 0 atom stereocenters. The van der Waals surface area contributed by atoms with E-state index in [1.54, 1.807) is 45.2 Å². The van der Waals surface area contributed by atoms with Crippen molar-refractivity contribution in [3.63, 3.8) is 0 Å². The lowest BCUT2D eigenvalue weighted by atomic mass is 10.2. The van der Waals surface area contributed by atoms with Gasteiger partial charge in [-0.2, -0.15) is 0 Å². The number of amides is 3. The van der Waals surface area contributed by atoms with E-state index in [2.05, 4.69) is 5.43 Å². The Balaban J connectivity index is 2.31. The maximum Gasteiger partial charge on any atom is 0.347 e. The SMILES string of the molecule is COc1ccc(N2NC(C)(C)N(C(C)=O)C2=O)cc1. The zero-order valence-electron chi connectivity index (χ0n) is 11.4. The average Bonchev–Trinajstić information content (AvgIpc) is 2.59. The second-order valence-corrected chi connectivity index (χ2v) is 4.84. The van der Waals surface area contributed by atoms with Gasteiger partial charge in [0.2, 0.25) is 5.91 Å². The van der Waals surface area contributed by atoms with E-state index in [0.29, 0.717) is 11.4 Å². The number of methoxy groups -OCH3 is 1. The molecular formula is C13H17N3O3. The summed E-state index contributed by atoms with van der Waals surface area (Å²) in [5.74, 6) is 0.414. The number of hydrazine groups is 1. The van der Waals surface area contributed by atoms with Crippen LogP contribution in [0.25, 0.3) is 0 Å². The Morgan fingerprint density at radius 2 is 1.84 bits per heavy atom. The van der Waals surface area contributed by atoms with Gasteiger partial charge in [-0.05, 0) is 38.1 Å². The van der Waals surface area contributed by atoms with Gasteiger partial charge >= 0.3 is 6.03 Å². The molecule has 6 heteroatoms. The lowest BCUT2D eigenvalue weighted by Gasteiger charge is -2.25. The molecule has 0 saturated carbocycles. The van der Waals surface area contributed by atoms with E-state index < -0.39 is 5.66 Å². The van der Waals surface area contributed by atoms with E-state index in [0.717, 1.165) is 0 Å². The fourth-order valence-electron chi connectivity index (χ4n) is 2.15. The summed E-state index contributed by atoms with van der Waals surface area (Å²) in [6, 6.07) is 6.64. The van der Waals surface area contributed by atoms with Gasteiger partial charge in [0, 0.05) is 6.92 Å². The first kappa shape index (κ1) is 13.4. The standard InChI is InChI=1S/C13H17N3O3/c1-9(17)15-12(18)16(14-13(15,2)3)10-5-7-11(19-4)8-6-10/h5-8,14H,1-4H3. The van der Waals surface area contributed by atoms with Gasteiger partial charge in [0.25, 0.3) is 0 Å². The van der Waals surface area contributed by atoms with Crippen LogP contribution in [0.1, 0.15) is 20.8 Å². The highest BCUT2D eigenvalue weighted by Gasteiger charge is 2.45. The van der Waals surface area contributed by atoms with Gasteiger partial charge in [0.15, 0.2) is 0 Å². The molecule has 0 aromatic heterocycles. The third kappa shape index (κ3) is 2.26. The first-order valence-electron chi connectivity index (χ1n) is 5.93. The third-order valence-corrected chi connectivity index (χ3v) is 2.97. The number of ether oxygens (including phenoxy) is 1. The minimum absolute atomic E-state index is 0.293. The first-order chi connectivity index (χ1) is 8.86.